The molecule has 2 aromatic heterocycles. The highest BCUT2D eigenvalue weighted by Gasteiger charge is 2.22. The fraction of sp³-hybridized carbons (Fsp3) is 0.367. The van der Waals surface area contributed by atoms with E-state index in [1.165, 1.54) is 5.56 Å². The zero-order valence-electron chi connectivity index (χ0n) is 22.4. The van der Waals surface area contributed by atoms with Gasteiger partial charge in [-0.25, -0.2) is 4.98 Å². The fourth-order valence-corrected chi connectivity index (χ4v) is 4.60. The SMILES string of the molecule is CC(C)(C)O.CCN(C)c1ccc2c(-c3ccc4c5c(ccnc35)CCO4)c(CC(=O)O)c(C)cc2n1. The maximum Gasteiger partial charge on any atom is 0.307 e. The summed E-state index contributed by atoms with van der Waals surface area (Å²) in [4.78, 5) is 23.5. The largest absolute Gasteiger partial charge is 0.493 e. The summed E-state index contributed by atoms with van der Waals surface area (Å²) in [5.41, 5.74) is 5.91. The molecule has 0 spiro atoms. The lowest BCUT2D eigenvalue weighted by atomic mass is 9.88. The number of pyridine rings is 2. The predicted molar refractivity (Wildman–Crippen MR) is 149 cm³/mol. The Bertz CT molecular complexity index is 1460. The van der Waals surface area contributed by atoms with Crippen molar-refractivity contribution in [1.82, 2.24) is 9.97 Å². The van der Waals surface area contributed by atoms with E-state index >= 15 is 0 Å². The monoisotopic (exact) mass is 501 g/mol. The van der Waals surface area contributed by atoms with Crippen molar-refractivity contribution in [2.24, 2.45) is 0 Å². The third-order valence-electron chi connectivity index (χ3n) is 6.34. The maximum absolute atomic E-state index is 11.8. The first-order valence-corrected chi connectivity index (χ1v) is 12.6. The van der Waals surface area contributed by atoms with Crippen LogP contribution in [0.4, 0.5) is 5.82 Å². The Morgan fingerprint density at radius 3 is 2.57 bits per heavy atom. The standard InChI is InChI=1S/C26H25N3O3.C4H10O/c1-4-29(3)22-8-6-17-20(28-22)13-15(2)19(14-23(30)31)25(17)18-5-7-21-24-16(10-12-32-21)9-11-27-26(18)24;1-4(2,3)5/h5-9,11,13H,4,10,12,14H2,1-3H3,(H,30,31);5H,1-3H3. The van der Waals surface area contributed by atoms with Gasteiger partial charge in [-0.2, -0.15) is 0 Å². The number of benzene rings is 2. The molecule has 0 atom stereocenters. The van der Waals surface area contributed by atoms with Crippen molar-refractivity contribution in [3.8, 4) is 16.9 Å². The maximum atomic E-state index is 11.8. The molecule has 0 radical (unpaired) electrons. The average Bonchev–Trinajstić information content (AvgIpc) is 2.83. The Labute approximate surface area is 217 Å². The topological polar surface area (TPSA) is 95.8 Å². The van der Waals surface area contributed by atoms with Crippen LogP contribution < -0.4 is 9.64 Å². The van der Waals surface area contributed by atoms with Gasteiger partial charge in [-0.3, -0.25) is 9.78 Å². The van der Waals surface area contributed by atoms with Gasteiger partial charge in [0.15, 0.2) is 0 Å². The molecule has 0 saturated carbocycles. The molecule has 0 fully saturated rings. The first-order valence-electron chi connectivity index (χ1n) is 12.6. The van der Waals surface area contributed by atoms with Gasteiger partial charge in [0.2, 0.25) is 0 Å². The van der Waals surface area contributed by atoms with Crippen LogP contribution in [0, 0.1) is 6.92 Å². The van der Waals surface area contributed by atoms with Gasteiger partial charge in [-0.05, 0) is 93.3 Å². The van der Waals surface area contributed by atoms with Crippen molar-refractivity contribution >= 4 is 33.6 Å². The number of hydrogen-bond donors (Lipinski definition) is 2. The Balaban J connectivity index is 0.000000586. The number of hydrogen-bond acceptors (Lipinski definition) is 6. The van der Waals surface area contributed by atoms with Crippen molar-refractivity contribution in [3.05, 3.63) is 59.3 Å². The highest BCUT2D eigenvalue weighted by atomic mass is 16.5. The number of fused-ring (bicyclic) bond motifs is 1. The van der Waals surface area contributed by atoms with Crippen molar-refractivity contribution in [2.75, 3.05) is 25.1 Å². The number of rotatable bonds is 5. The summed E-state index contributed by atoms with van der Waals surface area (Å²) in [7, 11) is 2.01. The van der Waals surface area contributed by atoms with Gasteiger partial charge < -0.3 is 19.8 Å². The lowest BCUT2D eigenvalue weighted by molar-refractivity contribution is -0.136. The molecule has 7 nitrogen and oxygen atoms in total. The van der Waals surface area contributed by atoms with Crippen LogP contribution in [0.3, 0.4) is 0 Å². The van der Waals surface area contributed by atoms with Crippen LogP contribution in [-0.4, -0.2) is 52.0 Å². The molecule has 7 heteroatoms. The van der Waals surface area contributed by atoms with Gasteiger partial charge in [0.1, 0.15) is 11.6 Å². The van der Waals surface area contributed by atoms with Gasteiger partial charge in [0, 0.05) is 42.5 Å². The lowest BCUT2D eigenvalue weighted by Crippen LogP contribution is -2.17. The first kappa shape index (κ1) is 26.4. The summed E-state index contributed by atoms with van der Waals surface area (Å²) in [5.74, 6) is 0.864. The number of aryl methyl sites for hydroxylation is 1. The Morgan fingerprint density at radius 1 is 1.16 bits per heavy atom. The number of aliphatic carboxylic acids is 1. The van der Waals surface area contributed by atoms with Crippen LogP contribution in [0.2, 0.25) is 0 Å². The van der Waals surface area contributed by atoms with Crippen LogP contribution in [0.15, 0.2) is 42.6 Å². The zero-order chi connectivity index (χ0) is 26.9. The molecular weight excluding hydrogens is 466 g/mol. The summed E-state index contributed by atoms with van der Waals surface area (Å²) in [5, 5.41) is 20.1. The van der Waals surface area contributed by atoms with E-state index in [9.17, 15) is 9.90 Å². The summed E-state index contributed by atoms with van der Waals surface area (Å²) in [6.07, 6.45) is 2.60. The number of carboxylic acids is 1. The van der Waals surface area contributed by atoms with Crippen LogP contribution >= 0.6 is 0 Å². The molecule has 0 bridgehead atoms. The number of aromatic nitrogens is 2. The second kappa shape index (κ2) is 10.3. The quantitative estimate of drug-likeness (QED) is 0.370. The Morgan fingerprint density at radius 2 is 1.89 bits per heavy atom. The van der Waals surface area contributed by atoms with Crippen LogP contribution in [0.25, 0.3) is 32.9 Å². The van der Waals surface area contributed by atoms with Crippen LogP contribution in [0.5, 0.6) is 5.75 Å². The summed E-state index contributed by atoms with van der Waals surface area (Å²) in [6.45, 7) is 10.8. The van der Waals surface area contributed by atoms with Crippen LogP contribution in [0.1, 0.15) is 44.4 Å². The minimum atomic E-state index is -0.858. The van der Waals surface area contributed by atoms with E-state index in [2.05, 4.69) is 17.9 Å². The molecule has 0 saturated heterocycles. The summed E-state index contributed by atoms with van der Waals surface area (Å²) < 4.78 is 5.89. The number of nitrogens with zero attached hydrogens (tertiary/aromatic N) is 3. The van der Waals surface area contributed by atoms with E-state index in [1.54, 1.807) is 20.8 Å². The van der Waals surface area contributed by atoms with Gasteiger partial charge in [0.25, 0.3) is 0 Å². The van der Waals surface area contributed by atoms with Crippen LogP contribution in [-0.2, 0) is 17.6 Å². The molecule has 37 heavy (non-hydrogen) atoms. The Hall–Kier alpha value is -3.71. The number of carbonyl (C=O) groups is 1. The molecule has 2 N–H and O–H groups in total. The third-order valence-corrected chi connectivity index (χ3v) is 6.34. The van der Waals surface area contributed by atoms with Crippen molar-refractivity contribution in [2.45, 2.75) is 53.1 Å². The highest BCUT2D eigenvalue weighted by Crippen LogP contribution is 2.42. The number of anilines is 1. The second-order valence-electron chi connectivity index (χ2n) is 10.4. The third kappa shape index (κ3) is 5.67. The molecule has 0 unspecified atom stereocenters. The molecule has 1 aliphatic heterocycles. The van der Waals surface area contributed by atoms with E-state index in [0.717, 1.165) is 68.6 Å². The number of carboxylic acid groups (broad SMARTS) is 1. The van der Waals surface area contributed by atoms with E-state index in [1.807, 2.05) is 50.5 Å². The second-order valence-corrected chi connectivity index (χ2v) is 10.4. The number of ether oxygens (including phenoxy) is 1. The Kier molecular flexibility index (Phi) is 7.37. The van der Waals surface area contributed by atoms with E-state index in [4.69, 9.17) is 19.8 Å². The molecular formula is C30H35N3O4. The molecule has 2 aromatic carbocycles. The van der Waals surface area contributed by atoms with Gasteiger partial charge in [0.05, 0.1) is 29.7 Å². The van der Waals surface area contributed by atoms with Gasteiger partial charge >= 0.3 is 5.97 Å². The fourth-order valence-electron chi connectivity index (χ4n) is 4.60. The van der Waals surface area contributed by atoms with Gasteiger partial charge in [-0.15, -0.1) is 0 Å². The smallest absolute Gasteiger partial charge is 0.307 e. The minimum Gasteiger partial charge on any atom is -0.493 e. The van der Waals surface area contributed by atoms with Crippen molar-refractivity contribution in [1.29, 1.82) is 0 Å². The summed E-state index contributed by atoms with van der Waals surface area (Å²) >= 11 is 0. The minimum absolute atomic E-state index is 0.0623. The molecule has 0 aliphatic carbocycles. The normalized spacial score (nSPS) is 12.6. The van der Waals surface area contributed by atoms with E-state index < -0.39 is 11.6 Å². The van der Waals surface area contributed by atoms with E-state index in [0.29, 0.717) is 6.61 Å². The molecule has 3 heterocycles. The molecule has 5 rings (SSSR count). The zero-order valence-corrected chi connectivity index (χ0v) is 22.4. The molecule has 1 aliphatic rings. The lowest BCUT2D eigenvalue weighted by Gasteiger charge is -2.22. The van der Waals surface area contributed by atoms with E-state index in [-0.39, 0.29) is 6.42 Å². The van der Waals surface area contributed by atoms with Crippen molar-refractivity contribution < 1.29 is 19.7 Å². The molecule has 0 amide bonds. The molecule has 4 aromatic rings. The number of aliphatic hydroxyl groups is 1. The molecule has 194 valence electrons. The van der Waals surface area contributed by atoms with Gasteiger partial charge in [-0.1, -0.05) is 0 Å². The van der Waals surface area contributed by atoms with Crippen molar-refractivity contribution in [3.63, 3.8) is 0 Å². The average molecular weight is 502 g/mol. The highest BCUT2D eigenvalue weighted by molar-refractivity contribution is 6.08. The summed E-state index contributed by atoms with van der Waals surface area (Å²) in [6, 6.07) is 12.1. The first-order chi connectivity index (χ1) is 17.5. The predicted octanol–water partition coefficient (Wildman–Crippen LogP) is 5.55.